The molecule has 0 spiro atoms. The molecule has 0 aromatic heterocycles. The van der Waals surface area contributed by atoms with Crippen molar-refractivity contribution in [2.45, 2.75) is 32.4 Å². The van der Waals surface area contributed by atoms with Gasteiger partial charge in [0.15, 0.2) is 0 Å². The van der Waals surface area contributed by atoms with Crippen molar-refractivity contribution >= 4 is 17.5 Å². The molecule has 1 amide bonds. The van der Waals surface area contributed by atoms with Gasteiger partial charge in [-0.1, -0.05) is 11.6 Å². The molecule has 4 nitrogen and oxygen atoms in total. The third kappa shape index (κ3) is 2.60. The molecule has 5 heteroatoms. The molecule has 2 atom stereocenters. The van der Waals surface area contributed by atoms with Gasteiger partial charge in [-0.15, -0.1) is 0 Å². The fourth-order valence-electron chi connectivity index (χ4n) is 2.12. The number of benzene rings is 1. The van der Waals surface area contributed by atoms with Gasteiger partial charge in [-0.25, -0.2) is 0 Å². The van der Waals surface area contributed by atoms with Crippen molar-refractivity contribution in [3.8, 4) is 5.75 Å². The van der Waals surface area contributed by atoms with Crippen LogP contribution in [0.4, 0.5) is 0 Å². The van der Waals surface area contributed by atoms with Gasteiger partial charge < -0.3 is 15.2 Å². The van der Waals surface area contributed by atoms with Crippen LogP contribution in [0, 0.1) is 0 Å². The lowest BCUT2D eigenvalue weighted by molar-refractivity contribution is -0.119. The van der Waals surface area contributed by atoms with E-state index in [0.717, 1.165) is 11.1 Å². The van der Waals surface area contributed by atoms with Crippen molar-refractivity contribution in [1.82, 2.24) is 5.32 Å². The lowest BCUT2D eigenvalue weighted by atomic mass is 9.96. The molecule has 1 aromatic carbocycles. The number of carbonyl (C=O) groups excluding carboxylic acids is 1. The Kier molecular flexibility index (Phi) is 3.78. The zero-order valence-corrected chi connectivity index (χ0v) is 11.1. The maximum absolute atomic E-state index is 11.2. The van der Waals surface area contributed by atoms with Crippen LogP contribution in [0.5, 0.6) is 5.75 Å². The number of hydrogen-bond donors (Lipinski definition) is 2. The van der Waals surface area contributed by atoms with Crippen molar-refractivity contribution in [3.63, 3.8) is 0 Å². The molecule has 2 rings (SSSR count). The van der Waals surface area contributed by atoms with Gasteiger partial charge in [0, 0.05) is 18.9 Å². The summed E-state index contributed by atoms with van der Waals surface area (Å²) < 4.78 is 5.54. The van der Waals surface area contributed by atoms with E-state index in [2.05, 4.69) is 5.32 Å². The third-order valence-electron chi connectivity index (χ3n) is 2.98. The second-order valence-electron chi connectivity index (χ2n) is 4.49. The Morgan fingerprint density at radius 1 is 1.61 bits per heavy atom. The van der Waals surface area contributed by atoms with Gasteiger partial charge in [0.2, 0.25) is 5.91 Å². The molecular formula is C13H16ClNO3. The largest absolute Gasteiger partial charge is 0.492 e. The summed E-state index contributed by atoms with van der Waals surface area (Å²) in [6.07, 6.45) is 0.0966. The van der Waals surface area contributed by atoms with Gasteiger partial charge in [-0.05, 0) is 24.6 Å². The Bertz CT molecular complexity index is 474. The number of hydrogen-bond acceptors (Lipinski definition) is 3. The van der Waals surface area contributed by atoms with E-state index in [9.17, 15) is 9.90 Å². The first-order valence-corrected chi connectivity index (χ1v) is 6.28. The van der Waals surface area contributed by atoms with E-state index in [1.54, 1.807) is 13.0 Å². The minimum absolute atomic E-state index is 0.0913. The number of carbonyl (C=O) groups is 1. The van der Waals surface area contributed by atoms with Gasteiger partial charge in [-0.3, -0.25) is 4.79 Å². The highest BCUT2D eigenvalue weighted by atomic mass is 35.5. The van der Waals surface area contributed by atoms with Crippen molar-refractivity contribution in [1.29, 1.82) is 0 Å². The smallest absolute Gasteiger partial charge is 0.217 e. The van der Waals surface area contributed by atoms with Crippen LogP contribution in [0.1, 0.15) is 43.5 Å². The van der Waals surface area contributed by atoms with Crippen molar-refractivity contribution < 1.29 is 14.6 Å². The normalized spacial score (nSPS) is 19.7. The summed E-state index contributed by atoms with van der Waals surface area (Å²) in [7, 11) is 0. The number of nitrogens with one attached hydrogen (secondary N) is 1. The lowest BCUT2D eigenvalue weighted by Gasteiger charge is -2.28. The molecule has 1 aliphatic heterocycles. The van der Waals surface area contributed by atoms with E-state index in [-0.39, 0.29) is 11.9 Å². The lowest BCUT2D eigenvalue weighted by Crippen LogP contribution is -2.30. The molecule has 0 bridgehead atoms. The fraction of sp³-hybridized carbons (Fsp3) is 0.462. The van der Waals surface area contributed by atoms with Gasteiger partial charge in [0.1, 0.15) is 5.75 Å². The first-order valence-electron chi connectivity index (χ1n) is 5.90. The Hall–Kier alpha value is -1.26. The Morgan fingerprint density at radius 3 is 2.94 bits per heavy atom. The maximum atomic E-state index is 11.2. The van der Waals surface area contributed by atoms with Gasteiger partial charge in [0.05, 0.1) is 23.8 Å². The SMILES string of the molecule is CC(=O)NC1CCOc2c(Cl)cc(C(C)O)cc21. The quantitative estimate of drug-likeness (QED) is 0.866. The molecule has 0 aliphatic carbocycles. The molecule has 98 valence electrons. The number of amides is 1. The topological polar surface area (TPSA) is 58.6 Å². The number of ether oxygens (including phenoxy) is 1. The molecule has 1 aromatic rings. The van der Waals surface area contributed by atoms with Gasteiger partial charge in [-0.2, -0.15) is 0 Å². The molecule has 0 fully saturated rings. The molecular weight excluding hydrogens is 254 g/mol. The number of rotatable bonds is 2. The van der Waals surface area contributed by atoms with Crippen LogP contribution in [-0.4, -0.2) is 17.6 Å². The van der Waals surface area contributed by atoms with E-state index < -0.39 is 6.10 Å². The van der Waals surface area contributed by atoms with Crippen LogP contribution in [0.3, 0.4) is 0 Å². The van der Waals surface area contributed by atoms with E-state index >= 15 is 0 Å². The zero-order valence-electron chi connectivity index (χ0n) is 10.4. The van der Waals surface area contributed by atoms with Gasteiger partial charge in [0.25, 0.3) is 0 Å². The molecule has 0 saturated heterocycles. The summed E-state index contributed by atoms with van der Waals surface area (Å²) in [4.78, 5) is 11.2. The van der Waals surface area contributed by atoms with Gasteiger partial charge >= 0.3 is 0 Å². The molecule has 1 heterocycles. The average Bonchev–Trinajstić information content (AvgIpc) is 2.29. The fourth-order valence-corrected chi connectivity index (χ4v) is 2.41. The summed E-state index contributed by atoms with van der Waals surface area (Å²) in [5, 5.41) is 13.0. The Morgan fingerprint density at radius 2 is 2.33 bits per heavy atom. The molecule has 0 radical (unpaired) electrons. The first-order chi connectivity index (χ1) is 8.49. The number of fused-ring (bicyclic) bond motifs is 1. The number of halogens is 1. The molecule has 0 saturated carbocycles. The molecule has 18 heavy (non-hydrogen) atoms. The van der Waals surface area contributed by atoms with Crippen LogP contribution in [0.15, 0.2) is 12.1 Å². The van der Waals surface area contributed by atoms with Crippen LogP contribution in [-0.2, 0) is 4.79 Å². The predicted molar refractivity (Wildman–Crippen MR) is 68.8 cm³/mol. The summed E-state index contributed by atoms with van der Waals surface area (Å²) in [6.45, 7) is 3.68. The highest BCUT2D eigenvalue weighted by molar-refractivity contribution is 6.32. The minimum Gasteiger partial charge on any atom is -0.492 e. The van der Waals surface area contributed by atoms with Crippen molar-refractivity contribution in [3.05, 3.63) is 28.3 Å². The van der Waals surface area contributed by atoms with E-state index in [4.69, 9.17) is 16.3 Å². The highest BCUT2D eigenvalue weighted by Crippen LogP contribution is 2.39. The van der Waals surface area contributed by atoms with Crippen molar-refractivity contribution in [2.75, 3.05) is 6.61 Å². The van der Waals surface area contributed by atoms with Crippen LogP contribution >= 0.6 is 11.6 Å². The standard InChI is InChI=1S/C13H16ClNO3/c1-7(16)9-5-10-12(15-8(2)17)3-4-18-13(10)11(14)6-9/h5-7,12,16H,3-4H2,1-2H3,(H,15,17). The minimum atomic E-state index is -0.604. The van der Waals surface area contributed by atoms with Crippen LogP contribution in [0.25, 0.3) is 0 Å². The van der Waals surface area contributed by atoms with Crippen LogP contribution < -0.4 is 10.1 Å². The van der Waals surface area contributed by atoms with E-state index in [1.807, 2.05) is 6.07 Å². The molecule has 2 N–H and O–H groups in total. The summed E-state index contributed by atoms with van der Waals surface area (Å²) in [6, 6.07) is 3.43. The predicted octanol–water partition coefficient (Wildman–Crippen LogP) is 2.35. The van der Waals surface area contributed by atoms with Crippen molar-refractivity contribution in [2.24, 2.45) is 0 Å². The van der Waals surface area contributed by atoms with Crippen LogP contribution in [0.2, 0.25) is 5.02 Å². The number of aliphatic hydroxyl groups excluding tert-OH is 1. The molecule has 2 unspecified atom stereocenters. The van der Waals surface area contributed by atoms with E-state index in [0.29, 0.717) is 23.8 Å². The first kappa shape index (κ1) is 13.2. The number of aliphatic hydroxyl groups is 1. The summed E-state index contributed by atoms with van der Waals surface area (Å²) in [5.74, 6) is 0.512. The summed E-state index contributed by atoms with van der Waals surface area (Å²) >= 11 is 6.14. The zero-order chi connectivity index (χ0) is 13.3. The highest BCUT2D eigenvalue weighted by Gasteiger charge is 2.25. The molecule has 1 aliphatic rings. The maximum Gasteiger partial charge on any atom is 0.217 e. The second kappa shape index (κ2) is 5.16. The second-order valence-corrected chi connectivity index (χ2v) is 4.89. The van der Waals surface area contributed by atoms with E-state index in [1.165, 1.54) is 6.92 Å². The summed E-state index contributed by atoms with van der Waals surface area (Å²) in [5.41, 5.74) is 1.56. The third-order valence-corrected chi connectivity index (χ3v) is 3.26. The monoisotopic (exact) mass is 269 g/mol. The Balaban J connectivity index is 2.44. The Labute approximate surface area is 111 Å². The average molecular weight is 270 g/mol.